The summed E-state index contributed by atoms with van der Waals surface area (Å²) in [5, 5.41) is 5.18. The standard InChI is InChI=1S/C10H17N3S2/c1-4-6-11-8-7-9(15-5-2)13-10(12-8)14-3/h7H,4-6H2,1-3H3,(H,11,12,13). The summed E-state index contributed by atoms with van der Waals surface area (Å²) in [7, 11) is 0. The molecule has 1 rings (SSSR count). The van der Waals surface area contributed by atoms with E-state index in [-0.39, 0.29) is 0 Å². The molecule has 0 aliphatic carbocycles. The van der Waals surface area contributed by atoms with Crippen LogP contribution < -0.4 is 5.32 Å². The molecule has 0 fully saturated rings. The van der Waals surface area contributed by atoms with Crippen molar-refractivity contribution in [2.45, 2.75) is 30.5 Å². The maximum atomic E-state index is 4.42. The van der Waals surface area contributed by atoms with Gasteiger partial charge in [0.1, 0.15) is 10.8 Å². The van der Waals surface area contributed by atoms with Crippen LogP contribution in [0, 0.1) is 0 Å². The van der Waals surface area contributed by atoms with Crippen molar-refractivity contribution in [3.8, 4) is 0 Å². The van der Waals surface area contributed by atoms with Crippen molar-refractivity contribution in [3.63, 3.8) is 0 Å². The van der Waals surface area contributed by atoms with Gasteiger partial charge in [0.05, 0.1) is 0 Å². The fourth-order valence-corrected chi connectivity index (χ4v) is 2.14. The molecule has 0 unspecified atom stereocenters. The second kappa shape index (κ2) is 6.95. The van der Waals surface area contributed by atoms with Crippen molar-refractivity contribution in [2.24, 2.45) is 0 Å². The molecule has 0 aliphatic rings. The number of aromatic nitrogens is 2. The second-order valence-electron chi connectivity index (χ2n) is 2.94. The summed E-state index contributed by atoms with van der Waals surface area (Å²) in [6.45, 7) is 5.23. The SMILES string of the molecule is CCCNc1cc(SCC)nc(SC)n1. The molecule has 1 N–H and O–H groups in total. The van der Waals surface area contributed by atoms with Crippen LogP contribution in [0.2, 0.25) is 0 Å². The zero-order valence-corrected chi connectivity index (χ0v) is 11.0. The Labute approximate surface area is 99.9 Å². The summed E-state index contributed by atoms with van der Waals surface area (Å²) in [5.41, 5.74) is 0. The van der Waals surface area contributed by atoms with Gasteiger partial charge < -0.3 is 5.32 Å². The number of hydrogen-bond donors (Lipinski definition) is 1. The van der Waals surface area contributed by atoms with Crippen molar-refractivity contribution >= 4 is 29.3 Å². The molecule has 0 saturated carbocycles. The van der Waals surface area contributed by atoms with Gasteiger partial charge in [-0.2, -0.15) is 0 Å². The first-order valence-electron chi connectivity index (χ1n) is 5.09. The number of rotatable bonds is 6. The third-order valence-corrected chi connectivity index (χ3v) is 3.05. The highest BCUT2D eigenvalue weighted by atomic mass is 32.2. The summed E-state index contributed by atoms with van der Waals surface area (Å²) >= 11 is 3.33. The van der Waals surface area contributed by atoms with E-state index in [9.17, 15) is 0 Å². The first kappa shape index (κ1) is 12.6. The first-order chi connectivity index (χ1) is 7.30. The fraction of sp³-hybridized carbons (Fsp3) is 0.600. The third-order valence-electron chi connectivity index (χ3n) is 1.71. The van der Waals surface area contributed by atoms with Crippen molar-refractivity contribution in [2.75, 3.05) is 23.9 Å². The molecule has 0 bridgehead atoms. The molecule has 0 aliphatic heterocycles. The molecule has 1 heterocycles. The Bertz CT molecular complexity index is 305. The lowest BCUT2D eigenvalue weighted by atomic mass is 10.4. The minimum absolute atomic E-state index is 0.840. The molecular formula is C10H17N3S2. The lowest BCUT2D eigenvalue weighted by molar-refractivity contribution is 0.878. The van der Waals surface area contributed by atoms with E-state index in [1.165, 1.54) is 0 Å². The number of hydrogen-bond acceptors (Lipinski definition) is 5. The van der Waals surface area contributed by atoms with Crippen molar-refractivity contribution < 1.29 is 0 Å². The number of nitrogens with zero attached hydrogens (tertiary/aromatic N) is 2. The monoisotopic (exact) mass is 243 g/mol. The van der Waals surface area contributed by atoms with Crippen LogP contribution in [0.15, 0.2) is 16.2 Å². The largest absolute Gasteiger partial charge is 0.370 e. The van der Waals surface area contributed by atoms with E-state index in [0.717, 1.165) is 34.7 Å². The van der Waals surface area contributed by atoms with E-state index in [1.807, 2.05) is 12.3 Å². The predicted octanol–water partition coefficient (Wildman–Crippen LogP) is 3.13. The normalized spacial score (nSPS) is 10.3. The maximum absolute atomic E-state index is 4.42. The molecule has 84 valence electrons. The first-order valence-corrected chi connectivity index (χ1v) is 7.31. The van der Waals surface area contributed by atoms with Crippen LogP contribution in [-0.2, 0) is 0 Å². The van der Waals surface area contributed by atoms with Crippen LogP contribution in [-0.4, -0.2) is 28.5 Å². The smallest absolute Gasteiger partial charge is 0.190 e. The van der Waals surface area contributed by atoms with Gasteiger partial charge in [0.15, 0.2) is 5.16 Å². The molecule has 0 spiro atoms. The minimum Gasteiger partial charge on any atom is -0.370 e. The summed E-state index contributed by atoms with van der Waals surface area (Å²) in [6, 6.07) is 2.02. The lowest BCUT2D eigenvalue weighted by Crippen LogP contribution is -2.03. The van der Waals surface area contributed by atoms with Gasteiger partial charge in [-0.15, -0.1) is 11.8 Å². The highest BCUT2D eigenvalue weighted by Gasteiger charge is 2.03. The zero-order chi connectivity index (χ0) is 11.1. The molecule has 0 atom stereocenters. The van der Waals surface area contributed by atoms with Crippen molar-refractivity contribution in [1.82, 2.24) is 9.97 Å². The predicted molar refractivity (Wildman–Crippen MR) is 69.0 cm³/mol. The molecule has 1 aromatic rings. The lowest BCUT2D eigenvalue weighted by Gasteiger charge is -2.07. The van der Waals surface area contributed by atoms with E-state index in [4.69, 9.17) is 0 Å². The van der Waals surface area contributed by atoms with E-state index < -0.39 is 0 Å². The van der Waals surface area contributed by atoms with Crippen LogP contribution in [0.3, 0.4) is 0 Å². The van der Waals surface area contributed by atoms with Crippen LogP contribution in [0.5, 0.6) is 0 Å². The van der Waals surface area contributed by atoms with Crippen LogP contribution in [0.25, 0.3) is 0 Å². The highest BCUT2D eigenvalue weighted by Crippen LogP contribution is 2.21. The molecule has 0 amide bonds. The molecule has 1 aromatic heterocycles. The zero-order valence-electron chi connectivity index (χ0n) is 9.41. The topological polar surface area (TPSA) is 37.8 Å². The number of thioether (sulfide) groups is 2. The van der Waals surface area contributed by atoms with Gasteiger partial charge in [0.2, 0.25) is 0 Å². The summed E-state index contributed by atoms with van der Waals surface area (Å²) < 4.78 is 0. The Morgan fingerprint density at radius 3 is 2.73 bits per heavy atom. The van der Waals surface area contributed by atoms with Crippen molar-refractivity contribution in [1.29, 1.82) is 0 Å². The van der Waals surface area contributed by atoms with Gasteiger partial charge in [0.25, 0.3) is 0 Å². The molecular weight excluding hydrogens is 226 g/mol. The second-order valence-corrected chi connectivity index (χ2v) is 5.00. The molecule has 0 saturated heterocycles. The Balaban J connectivity index is 2.79. The van der Waals surface area contributed by atoms with Gasteiger partial charge in [-0.3, -0.25) is 0 Å². The molecule has 0 aromatic carbocycles. The van der Waals surface area contributed by atoms with Gasteiger partial charge in [0, 0.05) is 12.6 Å². The molecule has 5 heteroatoms. The van der Waals surface area contributed by atoms with E-state index in [1.54, 1.807) is 23.5 Å². The Morgan fingerprint density at radius 1 is 1.33 bits per heavy atom. The Morgan fingerprint density at radius 2 is 2.13 bits per heavy atom. The summed E-state index contributed by atoms with van der Waals surface area (Å²) in [4.78, 5) is 8.82. The van der Waals surface area contributed by atoms with E-state index in [2.05, 4.69) is 29.1 Å². The van der Waals surface area contributed by atoms with Crippen LogP contribution >= 0.6 is 23.5 Å². The maximum Gasteiger partial charge on any atom is 0.190 e. The average molecular weight is 243 g/mol. The van der Waals surface area contributed by atoms with Crippen LogP contribution in [0.1, 0.15) is 20.3 Å². The van der Waals surface area contributed by atoms with Gasteiger partial charge in [-0.25, -0.2) is 9.97 Å². The molecule has 0 radical (unpaired) electrons. The quantitative estimate of drug-likeness (QED) is 0.472. The number of nitrogens with one attached hydrogen (secondary N) is 1. The average Bonchev–Trinajstić information content (AvgIpc) is 2.26. The Hall–Kier alpha value is -0.420. The van der Waals surface area contributed by atoms with E-state index >= 15 is 0 Å². The Kier molecular flexibility index (Phi) is 5.86. The summed E-state index contributed by atoms with van der Waals surface area (Å²) in [5.74, 6) is 1.98. The molecule has 15 heavy (non-hydrogen) atoms. The third kappa shape index (κ3) is 4.30. The minimum atomic E-state index is 0.840. The number of anilines is 1. The van der Waals surface area contributed by atoms with Crippen LogP contribution in [0.4, 0.5) is 5.82 Å². The van der Waals surface area contributed by atoms with Gasteiger partial charge >= 0.3 is 0 Å². The molecule has 3 nitrogen and oxygen atoms in total. The van der Waals surface area contributed by atoms with Gasteiger partial charge in [-0.05, 0) is 18.4 Å². The van der Waals surface area contributed by atoms with Gasteiger partial charge in [-0.1, -0.05) is 25.6 Å². The highest BCUT2D eigenvalue weighted by molar-refractivity contribution is 7.99. The van der Waals surface area contributed by atoms with E-state index in [0.29, 0.717) is 0 Å². The fourth-order valence-electron chi connectivity index (χ4n) is 1.06. The van der Waals surface area contributed by atoms with Crippen molar-refractivity contribution in [3.05, 3.63) is 6.07 Å². The summed E-state index contributed by atoms with van der Waals surface area (Å²) in [6.07, 6.45) is 3.11.